The maximum Gasteiger partial charge on any atom is 0.338 e. The number of aryl methyl sites for hydroxylation is 2. The number of ether oxygens (including phenoxy) is 1. The molecule has 1 aliphatic rings. The van der Waals surface area contributed by atoms with Crippen molar-refractivity contribution in [2.45, 2.75) is 38.6 Å². The number of fused-ring (bicyclic) bond motifs is 1. The van der Waals surface area contributed by atoms with Crippen molar-refractivity contribution in [1.82, 2.24) is 4.90 Å². The van der Waals surface area contributed by atoms with E-state index in [-0.39, 0.29) is 12.5 Å². The third-order valence-corrected chi connectivity index (χ3v) is 5.99. The monoisotopic (exact) mass is 427 g/mol. The molecule has 4 heteroatoms. The van der Waals surface area contributed by atoms with E-state index >= 15 is 0 Å². The Morgan fingerprint density at radius 2 is 1.44 bits per heavy atom. The summed E-state index contributed by atoms with van der Waals surface area (Å²) in [6.45, 7) is 0.800. The van der Waals surface area contributed by atoms with Crippen molar-refractivity contribution in [3.05, 3.63) is 107 Å². The van der Waals surface area contributed by atoms with Gasteiger partial charge in [-0.15, -0.1) is 0 Å². The van der Waals surface area contributed by atoms with Crippen LogP contribution in [-0.2, 0) is 35.3 Å². The fourth-order valence-electron chi connectivity index (χ4n) is 4.17. The molecule has 0 fully saturated rings. The van der Waals surface area contributed by atoms with E-state index in [0.717, 1.165) is 31.2 Å². The highest BCUT2D eigenvalue weighted by Gasteiger charge is 2.18. The summed E-state index contributed by atoms with van der Waals surface area (Å²) in [4.78, 5) is 27.4. The maximum atomic E-state index is 13.0. The van der Waals surface area contributed by atoms with Crippen molar-refractivity contribution in [3.63, 3.8) is 0 Å². The van der Waals surface area contributed by atoms with Crippen LogP contribution in [0.2, 0.25) is 0 Å². The van der Waals surface area contributed by atoms with Gasteiger partial charge in [0.05, 0.1) is 5.56 Å². The quantitative estimate of drug-likeness (QED) is 0.476. The number of carbonyl (C=O) groups excluding carboxylic acids is 2. The van der Waals surface area contributed by atoms with Crippen LogP contribution in [0, 0.1) is 0 Å². The third-order valence-electron chi connectivity index (χ3n) is 5.99. The van der Waals surface area contributed by atoms with Crippen LogP contribution in [0.1, 0.15) is 45.5 Å². The Kier molecular flexibility index (Phi) is 7.34. The lowest BCUT2D eigenvalue weighted by Crippen LogP contribution is -2.35. The average Bonchev–Trinajstić information content (AvgIpc) is 2.85. The number of amides is 1. The van der Waals surface area contributed by atoms with Gasteiger partial charge < -0.3 is 9.64 Å². The molecule has 4 nitrogen and oxygen atoms in total. The van der Waals surface area contributed by atoms with Crippen LogP contribution in [0.25, 0.3) is 0 Å². The summed E-state index contributed by atoms with van der Waals surface area (Å²) in [5.74, 6) is -0.620. The number of rotatable bonds is 8. The van der Waals surface area contributed by atoms with Gasteiger partial charge in [-0.2, -0.15) is 0 Å². The molecular weight excluding hydrogens is 398 g/mol. The molecule has 1 aliphatic carbocycles. The number of benzene rings is 3. The van der Waals surface area contributed by atoms with Gasteiger partial charge in [-0.3, -0.25) is 4.79 Å². The minimum Gasteiger partial charge on any atom is -0.452 e. The highest BCUT2D eigenvalue weighted by molar-refractivity contribution is 5.91. The van der Waals surface area contributed by atoms with Gasteiger partial charge >= 0.3 is 5.97 Å². The van der Waals surface area contributed by atoms with Crippen LogP contribution in [0.3, 0.4) is 0 Å². The highest BCUT2D eigenvalue weighted by Crippen LogP contribution is 2.22. The molecule has 0 radical (unpaired) electrons. The van der Waals surface area contributed by atoms with Gasteiger partial charge in [-0.25, -0.2) is 4.79 Å². The van der Waals surface area contributed by atoms with Crippen molar-refractivity contribution in [1.29, 1.82) is 0 Å². The molecule has 1 amide bonds. The zero-order valence-corrected chi connectivity index (χ0v) is 18.3. The predicted molar refractivity (Wildman–Crippen MR) is 125 cm³/mol. The molecule has 0 aliphatic heterocycles. The van der Waals surface area contributed by atoms with E-state index in [2.05, 4.69) is 12.1 Å². The Morgan fingerprint density at radius 3 is 2.16 bits per heavy atom. The first-order chi connectivity index (χ1) is 15.7. The molecule has 4 rings (SSSR count). The molecule has 0 unspecified atom stereocenters. The summed E-state index contributed by atoms with van der Waals surface area (Å²) in [7, 11) is 0. The van der Waals surface area contributed by atoms with Crippen LogP contribution in [0.4, 0.5) is 0 Å². The summed E-state index contributed by atoms with van der Waals surface area (Å²) in [6.07, 6.45) is 5.17. The van der Waals surface area contributed by atoms with Gasteiger partial charge in [0.15, 0.2) is 6.61 Å². The van der Waals surface area contributed by atoms with E-state index in [9.17, 15) is 9.59 Å². The first-order valence-corrected chi connectivity index (χ1v) is 11.3. The molecule has 3 aromatic rings. The molecule has 0 atom stereocenters. The minimum absolute atomic E-state index is 0.184. The van der Waals surface area contributed by atoms with Crippen LogP contribution in [-0.4, -0.2) is 29.9 Å². The van der Waals surface area contributed by atoms with E-state index in [0.29, 0.717) is 18.7 Å². The van der Waals surface area contributed by atoms with Gasteiger partial charge in [0.2, 0.25) is 0 Å². The number of nitrogens with zero attached hydrogens (tertiary/aromatic N) is 1. The summed E-state index contributed by atoms with van der Waals surface area (Å²) in [6, 6.07) is 25.7. The van der Waals surface area contributed by atoms with Crippen LogP contribution >= 0.6 is 0 Å². The third kappa shape index (κ3) is 5.85. The second-order valence-electron chi connectivity index (χ2n) is 8.30. The van der Waals surface area contributed by atoms with E-state index in [1.54, 1.807) is 4.90 Å². The smallest absolute Gasteiger partial charge is 0.338 e. The molecular formula is C28H29NO3. The Labute approximate surface area is 189 Å². The Balaban J connectivity index is 1.39. The van der Waals surface area contributed by atoms with E-state index in [4.69, 9.17) is 4.74 Å². The van der Waals surface area contributed by atoms with Crippen LogP contribution < -0.4 is 0 Å². The maximum absolute atomic E-state index is 13.0. The zero-order valence-electron chi connectivity index (χ0n) is 18.3. The summed E-state index contributed by atoms with van der Waals surface area (Å²) in [5, 5.41) is 0. The van der Waals surface area contributed by atoms with E-state index in [1.165, 1.54) is 23.1 Å². The summed E-state index contributed by atoms with van der Waals surface area (Å²) >= 11 is 0. The number of hydrogen-bond donors (Lipinski definition) is 0. The minimum atomic E-state index is -0.436. The van der Waals surface area contributed by atoms with Crippen molar-refractivity contribution in [2.24, 2.45) is 0 Å². The van der Waals surface area contributed by atoms with Crippen molar-refractivity contribution >= 4 is 11.9 Å². The van der Waals surface area contributed by atoms with Gasteiger partial charge in [-0.1, -0.05) is 66.7 Å². The Hall–Kier alpha value is -3.40. The van der Waals surface area contributed by atoms with E-state index < -0.39 is 5.97 Å². The average molecular weight is 428 g/mol. The van der Waals surface area contributed by atoms with Gasteiger partial charge in [0, 0.05) is 13.1 Å². The second kappa shape index (κ2) is 10.8. The summed E-state index contributed by atoms with van der Waals surface area (Å²) in [5.41, 5.74) is 5.29. The van der Waals surface area contributed by atoms with Crippen LogP contribution in [0.15, 0.2) is 78.9 Å². The van der Waals surface area contributed by atoms with Crippen molar-refractivity contribution < 1.29 is 14.3 Å². The lowest BCUT2D eigenvalue weighted by Gasteiger charge is -2.23. The number of carbonyl (C=O) groups is 2. The molecule has 0 saturated heterocycles. The molecule has 0 bridgehead atoms. The zero-order chi connectivity index (χ0) is 22.2. The first-order valence-electron chi connectivity index (χ1n) is 11.3. The Bertz CT molecular complexity index is 1050. The molecule has 0 N–H and O–H groups in total. The number of esters is 1. The molecule has 164 valence electrons. The lowest BCUT2D eigenvalue weighted by molar-refractivity contribution is -0.135. The topological polar surface area (TPSA) is 46.6 Å². The molecule has 0 saturated carbocycles. The largest absolute Gasteiger partial charge is 0.452 e. The van der Waals surface area contributed by atoms with Gasteiger partial charge in [-0.05, 0) is 66.5 Å². The standard InChI is InChI=1S/C28H29NO3/c30-27(21-32-28(31)26-16-15-24-13-7-8-14-25(24)19-26)29(20-23-11-5-2-6-12-23)18-17-22-9-3-1-4-10-22/h1-6,9-12,15-16,19H,7-8,13-14,17-18,20-21H2. The fraction of sp³-hybridized carbons (Fsp3) is 0.286. The first kappa shape index (κ1) is 21.8. The normalized spacial score (nSPS) is 12.6. The SMILES string of the molecule is O=C(OCC(=O)N(CCc1ccccc1)Cc1ccccc1)c1ccc2c(c1)CCCC2. The summed E-state index contributed by atoms with van der Waals surface area (Å²) < 4.78 is 5.42. The Morgan fingerprint density at radius 1 is 0.781 bits per heavy atom. The molecule has 0 heterocycles. The number of hydrogen-bond acceptors (Lipinski definition) is 3. The highest BCUT2D eigenvalue weighted by atomic mass is 16.5. The molecule has 32 heavy (non-hydrogen) atoms. The molecule has 0 spiro atoms. The van der Waals surface area contributed by atoms with Crippen molar-refractivity contribution in [3.8, 4) is 0 Å². The molecule has 0 aromatic heterocycles. The second-order valence-corrected chi connectivity index (χ2v) is 8.30. The fourth-order valence-corrected chi connectivity index (χ4v) is 4.17. The van der Waals surface area contributed by atoms with E-state index in [1.807, 2.05) is 66.7 Å². The van der Waals surface area contributed by atoms with Gasteiger partial charge in [0.1, 0.15) is 0 Å². The lowest BCUT2D eigenvalue weighted by atomic mass is 9.90. The van der Waals surface area contributed by atoms with Crippen molar-refractivity contribution in [2.75, 3.05) is 13.2 Å². The molecule has 3 aromatic carbocycles. The predicted octanol–water partition coefficient (Wildman–Crippen LogP) is 4.99. The van der Waals surface area contributed by atoms with Gasteiger partial charge in [0.25, 0.3) is 5.91 Å². The van der Waals surface area contributed by atoms with Crippen LogP contribution in [0.5, 0.6) is 0 Å².